The molecule has 0 aliphatic carbocycles. The monoisotopic (exact) mass is 422 g/mol. The van der Waals surface area contributed by atoms with E-state index < -0.39 is 23.5 Å². The molecule has 1 aliphatic rings. The molecule has 8 heteroatoms. The Balaban J connectivity index is 1.89. The van der Waals surface area contributed by atoms with E-state index in [-0.39, 0.29) is 5.57 Å². The molecule has 7 nitrogen and oxygen atoms in total. The molecule has 0 saturated heterocycles. The molecule has 30 heavy (non-hydrogen) atoms. The Morgan fingerprint density at radius 2 is 1.83 bits per heavy atom. The highest BCUT2D eigenvalue weighted by molar-refractivity contribution is 7.13. The van der Waals surface area contributed by atoms with Gasteiger partial charge < -0.3 is 14.6 Å². The Labute approximate surface area is 176 Å². The number of ether oxygens (including phenoxy) is 2. The number of Topliss-reactive ketones (excluding diaryl/α,β-unsaturated/α-hetero) is 1. The zero-order valence-electron chi connectivity index (χ0n) is 16.2. The highest BCUT2D eigenvalue weighted by atomic mass is 32.1. The molecule has 0 saturated carbocycles. The Hall–Kier alpha value is -3.65. The van der Waals surface area contributed by atoms with Gasteiger partial charge in [-0.1, -0.05) is 36.4 Å². The number of carbonyl (C=O) groups is 2. The maximum Gasteiger partial charge on any atom is 0.296 e. The molecular weight excluding hydrogens is 404 g/mol. The second kappa shape index (κ2) is 8.00. The molecule has 0 bridgehead atoms. The number of methoxy groups -OCH3 is 2. The van der Waals surface area contributed by atoms with Gasteiger partial charge in [-0.05, 0) is 17.7 Å². The van der Waals surface area contributed by atoms with Gasteiger partial charge in [0.15, 0.2) is 28.2 Å². The van der Waals surface area contributed by atoms with E-state index in [0.29, 0.717) is 27.8 Å². The first-order chi connectivity index (χ1) is 14.6. The zero-order chi connectivity index (χ0) is 21.3. The number of aliphatic hydroxyl groups is 1. The summed E-state index contributed by atoms with van der Waals surface area (Å²) in [6.07, 6.45) is 1.56. The number of aliphatic hydroxyl groups excluding tert-OH is 1. The minimum absolute atomic E-state index is 0.00591. The SMILES string of the molecule is COc1ccc(C2C(C(=O)c3ccccc3)=C(O)C(=O)N2c2nccs2)cc1OC. The van der Waals surface area contributed by atoms with Crippen LogP contribution in [0.5, 0.6) is 11.5 Å². The maximum absolute atomic E-state index is 13.3. The molecule has 2 aromatic carbocycles. The number of aromatic nitrogens is 1. The van der Waals surface area contributed by atoms with Crippen LogP contribution in [0.1, 0.15) is 22.0 Å². The first kappa shape index (κ1) is 19.7. The van der Waals surface area contributed by atoms with E-state index in [9.17, 15) is 14.7 Å². The summed E-state index contributed by atoms with van der Waals surface area (Å²) in [5.74, 6) is -0.738. The third-order valence-corrected chi connectivity index (χ3v) is 5.61. The van der Waals surface area contributed by atoms with Crippen LogP contribution in [-0.2, 0) is 4.79 Å². The summed E-state index contributed by atoms with van der Waals surface area (Å²) in [7, 11) is 3.03. The molecule has 152 valence electrons. The van der Waals surface area contributed by atoms with Crippen molar-refractivity contribution in [1.82, 2.24) is 4.98 Å². The van der Waals surface area contributed by atoms with E-state index in [1.54, 1.807) is 60.1 Å². The number of thiazole rings is 1. The predicted molar refractivity (Wildman–Crippen MR) is 112 cm³/mol. The third kappa shape index (κ3) is 3.21. The maximum atomic E-state index is 13.3. The number of anilines is 1. The van der Waals surface area contributed by atoms with Crippen molar-refractivity contribution in [1.29, 1.82) is 0 Å². The fourth-order valence-electron chi connectivity index (χ4n) is 3.45. The second-order valence-corrected chi connectivity index (χ2v) is 7.34. The van der Waals surface area contributed by atoms with Gasteiger partial charge in [-0.25, -0.2) is 4.98 Å². The minimum atomic E-state index is -0.865. The fourth-order valence-corrected chi connectivity index (χ4v) is 4.12. The Morgan fingerprint density at radius 1 is 1.10 bits per heavy atom. The number of carbonyl (C=O) groups excluding carboxylic acids is 2. The van der Waals surface area contributed by atoms with Gasteiger partial charge in [0.05, 0.1) is 25.8 Å². The molecule has 1 amide bonds. The van der Waals surface area contributed by atoms with Crippen molar-refractivity contribution >= 4 is 28.2 Å². The van der Waals surface area contributed by atoms with Crippen LogP contribution in [0.15, 0.2) is 71.4 Å². The molecule has 1 aromatic heterocycles. The minimum Gasteiger partial charge on any atom is -0.503 e. The van der Waals surface area contributed by atoms with Gasteiger partial charge in [-0.2, -0.15) is 0 Å². The van der Waals surface area contributed by atoms with Crippen molar-refractivity contribution in [3.63, 3.8) is 0 Å². The van der Waals surface area contributed by atoms with Crippen molar-refractivity contribution in [2.75, 3.05) is 19.1 Å². The summed E-state index contributed by atoms with van der Waals surface area (Å²) in [6.45, 7) is 0. The topological polar surface area (TPSA) is 89.0 Å². The first-order valence-corrected chi connectivity index (χ1v) is 9.92. The summed E-state index contributed by atoms with van der Waals surface area (Å²) in [5.41, 5.74) is 0.950. The van der Waals surface area contributed by atoms with Crippen LogP contribution < -0.4 is 14.4 Å². The van der Waals surface area contributed by atoms with E-state index in [2.05, 4.69) is 4.98 Å². The standard InChI is InChI=1S/C22H18N2O5S/c1-28-15-9-8-14(12-16(15)29-2)18-17(19(25)13-6-4-3-5-7-13)20(26)21(27)24(18)22-23-10-11-30-22/h3-12,18,26H,1-2H3. The van der Waals surface area contributed by atoms with E-state index in [1.165, 1.54) is 30.5 Å². The normalized spacial score (nSPS) is 16.1. The second-order valence-electron chi connectivity index (χ2n) is 6.46. The molecule has 1 N–H and O–H groups in total. The van der Waals surface area contributed by atoms with Gasteiger partial charge in [0.2, 0.25) is 0 Å². The van der Waals surface area contributed by atoms with Crippen LogP contribution in [0.4, 0.5) is 5.13 Å². The number of nitrogens with zero attached hydrogens (tertiary/aromatic N) is 2. The Kier molecular flexibility index (Phi) is 5.24. The van der Waals surface area contributed by atoms with Crippen molar-refractivity contribution in [3.05, 3.63) is 82.6 Å². The zero-order valence-corrected chi connectivity index (χ0v) is 17.1. The predicted octanol–water partition coefficient (Wildman–Crippen LogP) is 3.94. The lowest BCUT2D eigenvalue weighted by Gasteiger charge is -2.25. The van der Waals surface area contributed by atoms with Crippen molar-refractivity contribution < 1.29 is 24.2 Å². The van der Waals surface area contributed by atoms with E-state index in [1.807, 2.05) is 0 Å². The lowest BCUT2D eigenvalue weighted by molar-refractivity contribution is -0.117. The van der Waals surface area contributed by atoms with Crippen molar-refractivity contribution in [2.24, 2.45) is 0 Å². The lowest BCUT2D eigenvalue weighted by Crippen LogP contribution is -2.31. The van der Waals surface area contributed by atoms with Crippen LogP contribution in [0.3, 0.4) is 0 Å². The summed E-state index contributed by atoms with van der Waals surface area (Å²) < 4.78 is 10.7. The third-order valence-electron chi connectivity index (χ3n) is 4.84. The number of hydrogen-bond donors (Lipinski definition) is 1. The van der Waals surface area contributed by atoms with E-state index in [4.69, 9.17) is 9.47 Å². The lowest BCUT2D eigenvalue weighted by atomic mass is 9.92. The molecule has 1 atom stereocenters. The van der Waals surface area contributed by atoms with Crippen LogP contribution >= 0.6 is 11.3 Å². The number of hydrogen-bond acceptors (Lipinski definition) is 7. The Morgan fingerprint density at radius 3 is 2.47 bits per heavy atom. The molecule has 0 fully saturated rings. The van der Waals surface area contributed by atoms with Crippen molar-refractivity contribution in [2.45, 2.75) is 6.04 Å². The molecule has 3 aromatic rings. The van der Waals surface area contributed by atoms with Gasteiger partial charge in [0, 0.05) is 17.1 Å². The largest absolute Gasteiger partial charge is 0.503 e. The number of benzene rings is 2. The van der Waals surface area contributed by atoms with Crippen molar-refractivity contribution in [3.8, 4) is 11.5 Å². The van der Waals surface area contributed by atoms with Gasteiger partial charge in [-0.15, -0.1) is 11.3 Å². The highest BCUT2D eigenvalue weighted by Gasteiger charge is 2.45. The average Bonchev–Trinajstić information content (AvgIpc) is 3.40. The van der Waals surface area contributed by atoms with Gasteiger partial charge in [0.25, 0.3) is 5.91 Å². The van der Waals surface area contributed by atoms with E-state index in [0.717, 1.165) is 0 Å². The van der Waals surface area contributed by atoms with Crippen LogP contribution in [0.25, 0.3) is 0 Å². The van der Waals surface area contributed by atoms with Gasteiger partial charge in [0.1, 0.15) is 0 Å². The fraction of sp³-hybridized carbons (Fsp3) is 0.136. The first-order valence-electron chi connectivity index (χ1n) is 9.04. The van der Waals surface area contributed by atoms with Crippen LogP contribution in [0, 0.1) is 0 Å². The van der Waals surface area contributed by atoms with Crippen LogP contribution in [0.2, 0.25) is 0 Å². The molecule has 4 rings (SSSR count). The molecule has 0 radical (unpaired) electrons. The highest BCUT2D eigenvalue weighted by Crippen LogP contribution is 2.44. The molecular formula is C22H18N2O5S. The van der Waals surface area contributed by atoms with E-state index >= 15 is 0 Å². The summed E-state index contributed by atoms with van der Waals surface area (Å²) in [5, 5.41) is 12.8. The van der Waals surface area contributed by atoms with Crippen LogP contribution in [-0.4, -0.2) is 36.0 Å². The smallest absolute Gasteiger partial charge is 0.296 e. The summed E-state index contributed by atoms with van der Waals surface area (Å²) in [6, 6.07) is 12.8. The van der Waals surface area contributed by atoms with Gasteiger partial charge in [-0.3, -0.25) is 14.5 Å². The molecule has 1 unspecified atom stereocenters. The number of ketones is 1. The summed E-state index contributed by atoms with van der Waals surface area (Å²) >= 11 is 1.24. The average molecular weight is 422 g/mol. The molecule has 1 aliphatic heterocycles. The Bertz CT molecular complexity index is 1130. The summed E-state index contributed by atoms with van der Waals surface area (Å²) in [4.78, 5) is 31.8. The molecule has 2 heterocycles. The molecule has 0 spiro atoms. The number of amides is 1. The van der Waals surface area contributed by atoms with Gasteiger partial charge >= 0.3 is 0 Å². The quantitative estimate of drug-likeness (QED) is 0.605. The number of rotatable bonds is 6.